The van der Waals surface area contributed by atoms with Gasteiger partial charge in [-0.25, -0.2) is 0 Å². The van der Waals surface area contributed by atoms with E-state index in [2.05, 4.69) is 16.5 Å². The number of aromatic nitrogens is 2. The van der Waals surface area contributed by atoms with E-state index in [9.17, 15) is 4.79 Å². The third-order valence-corrected chi connectivity index (χ3v) is 4.90. The number of nitrogens with one attached hydrogen (secondary N) is 1. The predicted molar refractivity (Wildman–Crippen MR) is 86.7 cm³/mol. The number of para-hydroxylation sites is 1. The van der Waals surface area contributed by atoms with Crippen LogP contribution < -0.4 is 10.1 Å². The molecule has 120 valence electrons. The molecule has 23 heavy (non-hydrogen) atoms. The largest absolute Gasteiger partial charge is 0.493 e. The lowest BCUT2D eigenvalue weighted by Gasteiger charge is -2.26. The van der Waals surface area contributed by atoms with E-state index in [1.54, 1.807) is 6.20 Å². The van der Waals surface area contributed by atoms with E-state index in [0.717, 1.165) is 12.2 Å². The van der Waals surface area contributed by atoms with Gasteiger partial charge in [-0.05, 0) is 37.3 Å². The van der Waals surface area contributed by atoms with Crippen molar-refractivity contribution in [2.24, 2.45) is 0 Å². The fourth-order valence-corrected chi connectivity index (χ4v) is 3.25. The molecule has 0 saturated heterocycles. The molecule has 1 fully saturated rings. The van der Waals surface area contributed by atoms with Crippen LogP contribution in [0.5, 0.6) is 5.75 Å². The standard InChI is InChI=1S/C18H21N3O2/c22-18(14-11-20-21(12-14)15-4-3-5-15)19-10-13-8-9-23-17-7-2-1-6-16(13)17/h1-2,6-7,11-13,15H,3-5,8-10H2,(H,19,22). The molecule has 4 rings (SSSR count). The lowest BCUT2D eigenvalue weighted by Crippen LogP contribution is -2.30. The minimum atomic E-state index is -0.0421. The number of carbonyl (C=O) groups excluding carboxylic acids is 1. The average Bonchev–Trinajstić information content (AvgIpc) is 3.00. The highest BCUT2D eigenvalue weighted by molar-refractivity contribution is 5.93. The molecule has 1 amide bonds. The van der Waals surface area contributed by atoms with Gasteiger partial charge in [-0.1, -0.05) is 18.2 Å². The van der Waals surface area contributed by atoms with Crippen molar-refractivity contribution in [3.05, 3.63) is 47.8 Å². The minimum absolute atomic E-state index is 0.0421. The van der Waals surface area contributed by atoms with Gasteiger partial charge >= 0.3 is 0 Å². The molecule has 1 aromatic carbocycles. The minimum Gasteiger partial charge on any atom is -0.493 e. The van der Waals surface area contributed by atoms with Crippen molar-refractivity contribution < 1.29 is 9.53 Å². The Morgan fingerprint density at radius 2 is 2.17 bits per heavy atom. The summed E-state index contributed by atoms with van der Waals surface area (Å²) in [6, 6.07) is 8.56. The van der Waals surface area contributed by atoms with Crippen molar-refractivity contribution in [2.45, 2.75) is 37.6 Å². The highest BCUT2D eigenvalue weighted by Gasteiger charge is 2.23. The van der Waals surface area contributed by atoms with Crippen molar-refractivity contribution in [1.29, 1.82) is 0 Å². The summed E-state index contributed by atoms with van der Waals surface area (Å²) in [6.45, 7) is 1.34. The summed E-state index contributed by atoms with van der Waals surface area (Å²) in [7, 11) is 0. The molecule has 0 spiro atoms. The van der Waals surface area contributed by atoms with Crippen LogP contribution >= 0.6 is 0 Å². The topological polar surface area (TPSA) is 56.1 Å². The lowest BCUT2D eigenvalue weighted by atomic mass is 9.93. The van der Waals surface area contributed by atoms with Crippen molar-refractivity contribution >= 4 is 5.91 Å². The molecule has 0 bridgehead atoms. The molecule has 2 aromatic rings. The highest BCUT2D eigenvalue weighted by Crippen LogP contribution is 2.33. The van der Waals surface area contributed by atoms with Gasteiger partial charge in [-0.15, -0.1) is 0 Å². The molecule has 2 heterocycles. The van der Waals surface area contributed by atoms with Crippen molar-refractivity contribution in [1.82, 2.24) is 15.1 Å². The van der Waals surface area contributed by atoms with Crippen LogP contribution in [0.2, 0.25) is 0 Å². The number of hydrogen-bond acceptors (Lipinski definition) is 3. The smallest absolute Gasteiger partial charge is 0.254 e. The monoisotopic (exact) mass is 311 g/mol. The molecule has 0 radical (unpaired) electrons. The van der Waals surface area contributed by atoms with Gasteiger partial charge in [-0.3, -0.25) is 9.48 Å². The molecule has 1 saturated carbocycles. The number of amides is 1. The molecule has 1 aliphatic carbocycles. The second-order valence-corrected chi connectivity index (χ2v) is 6.38. The fourth-order valence-electron chi connectivity index (χ4n) is 3.25. The van der Waals surface area contributed by atoms with E-state index in [1.165, 1.54) is 24.8 Å². The van der Waals surface area contributed by atoms with E-state index in [0.29, 0.717) is 30.7 Å². The maximum Gasteiger partial charge on any atom is 0.254 e. The first-order valence-corrected chi connectivity index (χ1v) is 8.35. The van der Waals surface area contributed by atoms with E-state index in [-0.39, 0.29) is 5.91 Å². The third kappa shape index (κ3) is 2.83. The van der Waals surface area contributed by atoms with Crippen molar-refractivity contribution in [3.63, 3.8) is 0 Å². The number of fused-ring (bicyclic) bond motifs is 1. The number of hydrogen-bond donors (Lipinski definition) is 1. The number of nitrogens with zero attached hydrogens (tertiary/aromatic N) is 2. The molecule has 1 aromatic heterocycles. The highest BCUT2D eigenvalue weighted by atomic mass is 16.5. The SMILES string of the molecule is O=C(NCC1CCOc2ccccc21)c1cnn(C2CCC2)c1. The third-order valence-electron chi connectivity index (χ3n) is 4.90. The Labute approximate surface area is 135 Å². The summed E-state index contributed by atoms with van der Waals surface area (Å²) in [5, 5.41) is 7.38. The van der Waals surface area contributed by atoms with Gasteiger partial charge in [0, 0.05) is 18.7 Å². The van der Waals surface area contributed by atoms with E-state index >= 15 is 0 Å². The zero-order valence-corrected chi connectivity index (χ0v) is 13.1. The van der Waals surface area contributed by atoms with Crippen LogP contribution in [0.1, 0.15) is 53.6 Å². The molecule has 1 unspecified atom stereocenters. The van der Waals surface area contributed by atoms with Gasteiger partial charge in [0.2, 0.25) is 0 Å². The van der Waals surface area contributed by atoms with Crippen LogP contribution in [-0.2, 0) is 0 Å². The summed E-state index contributed by atoms with van der Waals surface area (Å²) < 4.78 is 7.60. The molecule has 1 aliphatic heterocycles. The Balaban J connectivity index is 1.39. The van der Waals surface area contributed by atoms with Gasteiger partial charge in [0.1, 0.15) is 5.75 Å². The molecule has 1 N–H and O–H groups in total. The van der Waals surface area contributed by atoms with Crippen LogP contribution in [0.4, 0.5) is 0 Å². The zero-order valence-electron chi connectivity index (χ0n) is 13.1. The molecule has 5 heteroatoms. The maximum atomic E-state index is 12.3. The summed E-state index contributed by atoms with van der Waals surface area (Å²) in [5.41, 5.74) is 1.83. The predicted octanol–water partition coefficient (Wildman–Crippen LogP) is 2.90. The molecule has 2 aliphatic rings. The van der Waals surface area contributed by atoms with Crippen molar-refractivity contribution in [2.75, 3.05) is 13.2 Å². The number of carbonyl (C=O) groups is 1. The summed E-state index contributed by atoms with van der Waals surface area (Å²) in [5.74, 6) is 1.21. The van der Waals surface area contributed by atoms with Crippen molar-refractivity contribution in [3.8, 4) is 5.75 Å². The Morgan fingerprint density at radius 3 is 3.00 bits per heavy atom. The normalized spacial score (nSPS) is 20.3. The maximum absolute atomic E-state index is 12.3. The number of rotatable bonds is 4. The first-order chi connectivity index (χ1) is 11.3. The lowest BCUT2D eigenvalue weighted by molar-refractivity contribution is 0.0948. The zero-order chi connectivity index (χ0) is 15.6. The fraction of sp³-hybridized carbons (Fsp3) is 0.444. The Morgan fingerprint density at radius 1 is 1.30 bits per heavy atom. The van der Waals surface area contributed by atoms with E-state index in [1.807, 2.05) is 29.1 Å². The summed E-state index contributed by atoms with van der Waals surface area (Å²) in [4.78, 5) is 12.3. The molecule has 5 nitrogen and oxygen atoms in total. The Kier molecular flexibility index (Phi) is 3.77. The van der Waals surface area contributed by atoms with Gasteiger partial charge < -0.3 is 10.1 Å². The van der Waals surface area contributed by atoms with Crippen LogP contribution in [0.3, 0.4) is 0 Å². The second kappa shape index (κ2) is 6.07. The van der Waals surface area contributed by atoms with Crippen LogP contribution in [0.25, 0.3) is 0 Å². The van der Waals surface area contributed by atoms with Gasteiger partial charge in [0.05, 0.1) is 24.4 Å². The van der Waals surface area contributed by atoms with Crippen LogP contribution in [-0.4, -0.2) is 28.8 Å². The summed E-state index contributed by atoms with van der Waals surface area (Å²) in [6.07, 6.45) is 8.07. The second-order valence-electron chi connectivity index (χ2n) is 6.38. The molecular formula is C18H21N3O2. The number of benzene rings is 1. The first-order valence-electron chi connectivity index (χ1n) is 8.35. The summed E-state index contributed by atoms with van der Waals surface area (Å²) >= 11 is 0. The Bertz CT molecular complexity index is 706. The quantitative estimate of drug-likeness (QED) is 0.944. The molecular weight excluding hydrogens is 290 g/mol. The van der Waals surface area contributed by atoms with Gasteiger partial charge in [0.15, 0.2) is 0 Å². The van der Waals surface area contributed by atoms with E-state index in [4.69, 9.17) is 4.74 Å². The number of ether oxygens (including phenoxy) is 1. The van der Waals surface area contributed by atoms with E-state index < -0.39 is 0 Å². The van der Waals surface area contributed by atoms with Gasteiger partial charge in [-0.2, -0.15) is 5.10 Å². The van der Waals surface area contributed by atoms with Gasteiger partial charge in [0.25, 0.3) is 5.91 Å². The first kappa shape index (κ1) is 14.3. The average molecular weight is 311 g/mol. The van der Waals surface area contributed by atoms with Crippen LogP contribution in [0.15, 0.2) is 36.7 Å². The Hall–Kier alpha value is -2.30. The van der Waals surface area contributed by atoms with Crippen LogP contribution in [0, 0.1) is 0 Å². The molecule has 1 atom stereocenters.